The SMILES string of the molecule is CN1CCNCC1c1noc(C2CCCS2)n1.Cl. The molecule has 3 rings (SSSR count). The van der Waals surface area contributed by atoms with E-state index in [0.29, 0.717) is 5.25 Å². The van der Waals surface area contributed by atoms with Gasteiger partial charge < -0.3 is 9.84 Å². The maximum absolute atomic E-state index is 5.41. The second-order valence-corrected chi connectivity index (χ2v) is 6.00. The predicted molar refractivity (Wildman–Crippen MR) is 74.2 cm³/mol. The zero-order chi connectivity index (χ0) is 11.7. The van der Waals surface area contributed by atoms with Gasteiger partial charge in [-0.05, 0) is 25.6 Å². The van der Waals surface area contributed by atoms with E-state index < -0.39 is 0 Å². The lowest BCUT2D eigenvalue weighted by Crippen LogP contribution is -2.44. The molecular formula is C11H19ClN4OS. The first-order valence-electron chi connectivity index (χ1n) is 6.20. The molecule has 7 heteroatoms. The molecule has 2 aliphatic rings. The Morgan fingerprint density at radius 1 is 1.50 bits per heavy atom. The maximum Gasteiger partial charge on any atom is 0.239 e. The highest BCUT2D eigenvalue weighted by atomic mass is 35.5. The molecule has 0 bridgehead atoms. The van der Waals surface area contributed by atoms with Crippen molar-refractivity contribution in [1.29, 1.82) is 0 Å². The van der Waals surface area contributed by atoms with Gasteiger partial charge in [-0.15, -0.1) is 24.2 Å². The number of thioether (sulfide) groups is 1. The smallest absolute Gasteiger partial charge is 0.239 e. The topological polar surface area (TPSA) is 54.2 Å². The molecule has 0 amide bonds. The van der Waals surface area contributed by atoms with Gasteiger partial charge >= 0.3 is 0 Å². The summed E-state index contributed by atoms with van der Waals surface area (Å²) in [7, 11) is 2.12. The van der Waals surface area contributed by atoms with Crippen LogP contribution >= 0.6 is 24.2 Å². The molecule has 0 aliphatic carbocycles. The molecule has 2 aliphatic heterocycles. The van der Waals surface area contributed by atoms with Crippen LogP contribution in [0.25, 0.3) is 0 Å². The van der Waals surface area contributed by atoms with Gasteiger partial charge in [-0.2, -0.15) is 4.98 Å². The molecule has 5 nitrogen and oxygen atoms in total. The fourth-order valence-electron chi connectivity index (χ4n) is 2.38. The molecule has 1 N–H and O–H groups in total. The highest BCUT2D eigenvalue weighted by Gasteiger charge is 2.28. The van der Waals surface area contributed by atoms with Crippen LogP contribution in [0.3, 0.4) is 0 Å². The summed E-state index contributed by atoms with van der Waals surface area (Å²) in [6, 6.07) is 0.257. The normalized spacial score (nSPS) is 29.2. The van der Waals surface area contributed by atoms with Crippen LogP contribution in [-0.2, 0) is 0 Å². The lowest BCUT2D eigenvalue weighted by Gasteiger charge is -2.30. The molecular weight excluding hydrogens is 272 g/mol. The van der Waals surface area contributed by atoms with Gasteiger partial charge in [0.2, 0.25) is 5.89 Å². The van der Waals surface area contributed by atoms with E-state index in [1.807, 2.05) is 11.8 Å². The Hall–Kier alpha value is -0.300. The summed E-state index contributed by atoms with van der Waals surface area (Å²) in [5.74, 6) is 2.87. The maximum atomic E-state index is 5.41. The first-order chi connectivity index (χ1) is 8.34. The van der Waals surface area contributed by atoms with Gasteiger partial charge in [0.15, 0.2) is 5.82 Å². The third-order valence-electron chi connectivity index (χ3n) is 3.47. The molecule has 2 atom stereocenters. The molecule has 0 radical (unpaired) electrons. The van der Waals surface area contributed by atoms with Crippen LogP contribution in [0.2, 0.25) is 0 Å². The molecule has 2 fully saturated rings. The number of halogens is 1. The van der Waals surface area contributed by atoms with Crippen molar-refractivity contribution in [2.75, 3.05) is 32.4 Å². The van der Waals surface area contributed by atoms with Crippen molar-refractivity contribution in [3.05, 3.63) is 11.7 Å². The lowest BCUT2D eigenvalue weighted by molar-refractivity contribution is 0.190. The van der Waals surface area contributed by atoms with Crippen molar-refractivity contribution in [1.82, 2.24) is 20.4 Å². The van der Waals surface area contributed by atoms with Crippen LogP contribution in [0.5, 0.6) is 0 Å². The number of hydrogen-bond acceptors (Lipinski definition) is 6. The van der Waals surface area contributed by atoms with Crippen molar-refractivity contribution in [3.63, 3.8) is 0 Å². The number of hydrogen-bond donors (Lipinski definition) is 1. The minimum absolute atomic E-state index is 0. The van der Waals surface area contributed by atoms with Crippen LogP contribution in [0.15, 0.2) is 4.52 Å². The van der Waals surface area contributed by atoms with Crippen molar-refractivity contribution < 1.29 is 4.52 Å². The molecule has 18 heavy (non-hydrogen) atoms. The zero-order valence-corrected chi connectivity index (χ0v) is 12.1. The van der Waals surface area contributed by atoms with Gasteiger partial charge in [0.25, 0.3) is 0 Å². The third kappa shape index (κ3) is 2.82. The Kier molecular flexibility index (Phi) is 4.89. The Morgan fingerprint density at radius 2 is 2.39 bits per heavy atom. The Bertz CT molecular complexity index is 383. The second kappa shape index (κ2) is 6.23. The number of likely N-dealkylation sites (N-methyl/N-ethyl adjacent to an activating group) is 1. The van der Waals surface area contributed by atoms with Crippen molar-refractivity contribution >= 4 is 24.2 Å². The average molecular weight is 291 g/mol. The fraction of sp³-hybridized carbons (Fsp3) is 0.818. The first-order valence-corrected chi connectivity index (χ1v) is 7.25. The molecule has 0 spiro atoms. The quantitative estimate of drug-likeness (QED) is 0.894. The zero-order valence-electron chi connectivity index (χ0n) is 10.5. The van der Waals surface area contributed by atoms with Crippen molar-refractivity contribution in [2.45, 2.75) is 24.1 Å². The second-order valence-electron chi connectivity index (χ2n) is 4.69. The summed E-state index contributed by atoms with van der Waals surface area (Å²) >= 11 is 1.93. The average Bonchev–Trinajstić information content (AvgIpc) is 3.00. The standard InChI is InChI=1S/C11H18N4OS.ClH/c1-15-5-4-12-7-8(15)10-13-11(16-14-10)9-3-2-6-17-9;/h8-9,12H,2-7H2,1H3;1H. The molecule has 2 unspecified atom stereocenters. The number of aromatic nitrogens is 2. The molecule has 3 heterocycles. The molecule has 102 valence electrons. The number of piperazine rings is 1. The minimum atomic E-state index is 0. The van der Waals surface area contributed by atoms with Crippen molar-refractivity contribution in [2.24, 2.45) is 0 Å². The monoisotopic (exact) mass is 290 g/mol. The Morgan fingerprint density at radius 3 is 3.11 bits per heavy atom. The summed E-state index contributed by atoms with van der Waals surface area (Å²) in [4.78, 5) is 6.87. The Balaban J connectivity index is 0.00000120. The summed E-state index contributed by atoms with van der Waals surface area (Å²) in [5.41, 5.74) is 0. The Labute approximate surface area is 117 Å². The summed E-state index contributed by atoms with van der Waals surface area (Å²) < 4.78 is 5.41. The summed E-state index contributed by atoms with van der Waals surface area (Å²) in [6.07, 6.45) is 2.43. The number of rotatable bonds is 2. The van der Waals surface area contributed by atoms with E-state index in [1.54, 1.807) is 0 Å². The summed E-state index contributed by atoms with van der Waals surface area (Å²) in [5, 5.41) is 7.96. The fourth-order valence-corrected chi connectivity index (χ4v) is 3.57. The number of nitrogens with one attached hydrogen (secondary N) is 1. The van der Waals surface area contributed by atoms with Gasteiger partial charge in [0, 0.05) is 19.6 Å². The lowest BCUT2D eigenvalue weighted by atomic mass is 10.2. The van der Waals surface area contributed by atoms with E-state index >= 15 is 0 Å². The number of nitrogens with zero attached hydrogens (tertiary/aromatic N) is 3. The van der Waals surface area contributed by atoms with E-state index in [1.165, 1.54) is 18.6 Å². The van der Waals surface area contributed by atoms with Crippen LogP contribution in [0.1, 0.15) is 35.8 Å². The molecule has 0 aromatic carbocycles. The first kappa shape index (κ1) is 14.1. The highest BCUT2D eigenvalue weighted by Crippen LogP contribution is 2.39. The molecule has 2 saturated heterocycles. The summed E-state index contributed by atoms with van der Waals surface area (Å²) in [6.45, 7) is 2.98. The van der Waals surface area contributed by atoms with E-state index in [4.69, 9.17) is 4.52 Å². The highest BCUT2D eigenvalue weighted by molar-refractivity contribution is 7.99. The molecule has 1 aromatic heterocycles. The van der Waals surface area contributed by atoms with E-state index in [9.17, 15) is 0 Å². The van der Waals surface area contributed by atoms with Gasteiger partial charge in [-0.1, -0.05) is 5.16 Å². The molecule has 0 saturated carbocycles. The van der Waals surface area contributed by atoms with Gasteiger partial charge in [-0.25, -0.2) is 0 Å². The third-order valence-corrected chi connectivity index (χ3v) is 4.84. The van der Waals surface area contributed by atoms with E-state index in [2.05, 4.69) is 27.4 Å². The van der Waals surface area contributed by atoms with Crippen LogP contribution in [-0.4, -0.2) is 47.5 Å². The minimum Gasteiger partial charge on any atom is -0.338 e. The van der Waals surface area contributed by atoms with Gasteiger partial charge in [-0.3, -0.25) is 4.90 Å². The largest absolute Gasteiger partial charge is 0.338 e. The van der Waals surface area contributed by atoms with Gasteiger partial charge in [0.05, 0.1) is 11.3 Å². The van der Waals surface area contributed by atoms with E-state index in [-0.39, 0.29) is 18.4 Å². The predicted octanol–water partition coefficient (Wildman–Crippen LogP) is 1.64. The van der Waals surface area contributed by atoms with Gasteiger partial charge in [0.1, 0.15) is 0 Å². The van der Waals surface area contributed by atoms with Crippen molar-refractivity contribution in [3.8, 4) is 0 Å². The van der Waals surface area contributed by atoms with Crippen LogP contribution in [0, 0.1) is 0 Å². The molecule has 1 aromatic rings. The van der Waals surface area contributed by atoms with E-state index in [0.717, 1.165) is 31.3 Å². The van der Waals surface area contributed by atoms with Crippen LogP contribution < -0.4 is 5.32 Å². The van der Waals surface area contributed by atoms with Crippen LogP contribution in [0.4, 0.5) is 0 Å².